The molecule has 1 heterocycles. The summed E-state index contributed by atoms with van der Waals surface area (Å²) in [5, 5.41) is 15.6. The van der Waals surface area contributed by atoms with E-state index in [4.69, 9.17) is 5.11 Å². The highest BCUT2D eigenvalue weighted by Gasteiger charge is 2.26. The van der Waals surface area contributed by atoms with Gasteiger partial charge in [0, 0.05) is 25.3 Å². The van der Waals surface area contributed by atoms with Gasteiger partial charge in [-0.25, -0.2) is 4.79 Å². The predicted molar refractivity (Wildman–Crippen MR) is 74.2 cm³/mol. The maximum Gasteiger partial charge on any atom is 0.318 e. The van der Waals surface area contributed by atoms with Gasteiger partial charge >= 0.3 is 12.0 Å². The van der Waals surface area contributed by atoms with Crippen molar-refractivity contribution in [2.45, 2.75) is 39.3 Å². The number of hydrogen-bond donors (Lipinski definition) is 2. The first-order chi connectivity index (χ1) is 9.21. The van der Waals surface area contributed by atoms with E-state index < -0.39 is 11.5 Å². The third-order valence-corrected chi connectivity index (χ3v) is 2.95. The summed E-state index contributed by atoms with van der Waals surface area (Å²) in [5.41, 5.74) is 0.442. The predicted octanol–water partition coefficient (Wildman–Crippen LogP) is 1.20. The zero-order chi connectivity index (χ0) is 15.3. The number of aromatic nitrogens is 2. The molecule has 0 aromatic carbocycles. The van der Waals surface area contributed by atoms with Gasteiger partial charge in [0.1, 0.15) is 0 Å². The zero-order valence-electron chi connectivity index (χ0n) is 12.4. The Morgan fingerprint density at radius 1 is 1.45 bits per heavy atom. The summed E-state index contributed by atoms with van der Waals surface area (Å²) in [6.45, 7) is 6.15. The molecule has 0 atom stereocenters. The van der Waals surface area contributed by atoms with Crippen LogP contribution in [-0.2, 0) is 18.4 Å². The normalized spacial score (nSPS) is 11.2. The lowest BCUT2D eigenvalue weighted by atomic mass is 10.1. The summed E-state index contributed by atoms with van der Waals surface area (Å²) in [4.78, 5) is 24.4. The second-order valence-electron chi connectivity index (χ2n) is 5.57. The Labute approximate surface area is 118 Å². The molecule has 20 heavy (non-hydrogen) atoms. The average Bonchev–Trinajstić information content (AvgIpc) is 2.70. The van der Waals surface area contributed by atoms with Gasteiger partial charge in [-0.15, -0.1) is 0 Å². The molecule has 0 spiro atoms. The number of nitrogens with one attached hydrogen (secondary N) is 1. The highest BCUT2D eigenvalue weighted by Crippen LogP contribution is 2.14. The SMILES string of the molecule is Cn1nccc1CNC(=O)N(CCC(=O)O)C(C)(C)C. The smallest absolute Gasteiger partial charge is 0.318 e. The van der Waals surface area contributed by atoms with Crippen LogP contribution in [0.4, 0.5) is 4.79 Å². The van der Waals surface area contributed by atoms with Gasteiger partial charge in [-0.2, -0.15) is 5.10 Å². The maximum absolute atomic E-state index is 12.2. The Morgan fingerprint density at radius 2 is 2.10 bits per heavy atom. The summed E-state index contributed by atoms with van der Waals surface area (Å²) in [7, 11) is 1.80. The third-order valence-electron chi connectivity index (χ3n) is 2.95. The Kier molecular flexibility index (Phi) is 5.12. The highest BCUT2D eigenvalue weighted by atomic mass is 16.4. The van der Waals surface area contributed by atoms with Crippen LogP contribution >= 0.6 is 0 Å². The van der Waals surface area contributed by atoms with Gasteiger partial charge in [-0.05, 0) is 26.8 Å². The first kappa shape index (κ1) is 16.0. The fraction of sp³-hybridized carbons (Fsp3) is 0.615. The standard InChI is InChI=1S/C13H22N4O3/c1-13(2,3)17(8-6-11(18)19)12(20)14-9-10-5-7-15-16(10)4/h5,7H,6,8-9H2,1-4H3,(H,14,20)(H,18,19). The fourth-order valence-electron chi connectivity index (χ4n) is 1.79. The maximum atomic E-state index is 12.2. The molecule has 0 aliphatic carbocycles. The van der Waals surface area contributed by atoms with Crippen molar-refractivity contribution in [2.24, 2.45) is 7.05 Å². The summed E-state index contributed by atoms with van der Waals surface area (Å²) < 4.78 is 1.68. The van der Waals surface area contributed by atoms with Gasteiger partial charge < -0.3 is 15.3 Å². The second-order valence-corrected chi connectivity index (χ2v) is 5.57. The molecule has 0 saturated heterocycles. The Morgan fingerprint density at radius 3 is 2.55 bits per heavy atom. The van der Waals surface area contributed by atoms with Crippen LogP contribution in [-0.4, -0.2) is 43.9 Å². The molecule has 0 radical (unpaired) electrons. The number of carboxylic acids is 1. The number of carboxylic acid groups (broad SMARTS) is 1. The Bertz CT molecular complexity index is 476. The van der Waals surface area contributed by atoms with Crippen LogP contribution in [0.3, 0.4) is 0 Å². The molecular formula is C13H22N4O3. The topological polar surface area (TPSA) is 87.5 Å². The first-order valence-corrected chi connectivity index (χ1v) is 6.46. The van der Waals surface area contributed by atoms with Crippen molar-refractivity contribution in [2.75, 3.05) is 6.54 Å². The first-order valence-electron chi connectivity index (χ1n) is 6.46. The molecule has 0 saturated carbocycles. The number of nitrogens with zero attached hydrogens (tertiary/aromatic N) is 3. The number of rotatable bonds is 5. The number of amides is 2. The number of hydrogen-bond acceptors (Lipinski definition) is 3. The zero-order valence-corrected chi connectivity index (χ0v) is 12.4. The van der Waals surface area contributed by atoms with Crippen LogP contribution in [0.15, 0.2) is 12.3 Å². The molecule has 0 bridgehead atoms. The number of urea groups is 1. The monoisotopic (exact) mass is 282 g/mol. The van der Waals surface area contributed by atoms with Crippen molar-refractivity contribution in [1.82, 2.24) is 20.0 Å². The van der Waals surface area contributed by atoms with E-state index in [1.165, 1.54) is 4.90 Å². The van der Waals surface area contributed by atoms with E-state index in [0.29, 0.717) is 6.54 Å². The number of carbonyl (C=O) groups is 2. The molecule has 1 aromatic heterocycles. The lowest BCUT2D eigenvalue weighted by Crippen LogP contribution is -2.51. The van der Waals surface area contributed by atoms with Crippen molar-refractivity contribution in [3.05, 3.63) is 18.0 Å². The van der Waals surface area contributed by atoms with Crippen LogP contribution < -0.4 is 5.32 Å². The van der Waals surface area contributed by atoms with Crippen LogP contribution in [0.5, 0.6) is 0 Å². The molecule has 1 rings (SSSR count). The van der Waals surface area contributed by atoms with Gasteiger partial charge in [-0.1, -0.05) is 0 Å². The molecule has 7 heteroatoms. The fourth-order valence-corrected chi connectivity index (χ4v) is 1.79. The molecule has 2 amide bonds. The molecule has 0 fully saturated rings. The molecule has 0 unspecified atom stereocenters. The molecule has 0 aliphatic heterocycles. The van der Waals surface area contributed by atoms with E-state index in [9.17, 15) is 9.59 Å². The number of carbonyl (C=O) groups excluding carboxylic acids is 1. The summed E-state index contributed by atoms with van der Waals surface area (Å²) >= 11 is 0. The minimum atomic E-state index is -0.918. The molecule has 112 valence electrons. The minimum absolute atomic E-state index is 0.0730. The summed E-state index contributed by atoms with van der Waals surface area (Å²) in [6.07, 6.45) is 1.59. The average molecular weight is 282 g/mol. The number of aryl methyl sites for hydroxylation is 1. The van der Waals surface area contributed by atoms with Crippen molar-refractivity contribution in [1.29, 1.82) is 0 Å². The lowest BCUT2D eigenvalue weighted by molar-refractivity contribution is -0.137. The van der Waals surface area contributed by atoms with Gasteiger partial charge in [0.25, 0.3) is 0 Å². The number of aliphatic carboxylic acids is 1. The molecule has 7 nitrogen and oxygen atoms in total. The third kappa shape index (κ3) is 4.56. The Hall–Kier alpha value is -2.05. The van der Waals surface area contributed by atoms with Crippen molar-refractivity contribution in [3.63, 3.8) is 0 Å². The van der Waals surface area contributed by atoms with E-state index in [2.05, 4.69) is 10.4 Å². The van der Waals surface area contributed by atoms with Gasteiger partial charge in [-0.3, -0.25) is 9.48 Å². The molecule has 0 aliphatic rings. The van der Waals surface area contributed by atoms with Gasteiger partial charge in [0.05, 0.1) is 18.7 Å². The summed E-state index contributed by atoms with van der Waals surface area (Å²) in [5.74, 6) is -0.918. The molecule has 2 N–H and O–H groups in total. The van der Waals surface area contributed by atoms with E-state index in [1.807, 2.05) is 26.8 Å². The van der Waals surface area contributed by atoms with Crippen molar-refractivity contribution in [3.8, 4) is 0 Å². The quantitative estimate of drug-likeness (QED) is 0.849. The van der Waals surface area contributed by atoms with Crippen LogP contribution in [0.1, 0.15) is 32.9 Å². The van der Waals surface area contributed by atoms with Crippen molar-refractivity contribution >= 4 is 12.0 Å². The van der Waals surface area contributed by atoms with Crippen LogP contribution in [0.2, 0.25) is 0 Å². The highest BCUT2D eigenvalue weighted by molar-refractivity contribution is 5.76. The Balaban J connectivity index is 2.64. The van der Waals surface area contributed by atoms with Crippen LogP contribution in [0.25, 0.3) is 0 Å². The largest absolute Gasteiger partial charge is 0.481 e. The van der Waals surface area contributed by atoms with E-state index in [1.54, 1.807) is 17.9 Å². The van der Waals surface area contributed by atoms with E-state index in [0.717, 1.165) is 5.69 Å². The minimum Gasteiger partial charge on any atom is -0.481 e. The molecular weight excluding hydrogens is 260 g/mol. The lowest BCUT2D eigenvalue weighted by Gasteiger charge is -2.35. The second kappa shape index (κ2) is 6.40. The van der Waals surface area contributed by atoms with Crippen molar-refractivity contribution < 1.29 is 14.7 Å². The van der Waals surface area contributed by atoms with Gasteiger partial charge in [0.15, 0.2) is 0 Å². The van der Waals surface area contributed by atoms with E-state index in [-0.39, 0.29) is 19.0 Å². The summed E-state index contributed by atoms with van der Waals surface area (Å²) in [6, 6.07) is 1.54. The van der Waals surface area contributed by atoms with Crippen LogP contribution in [0, 0.1) is 0 Å². The molecule has 1 aromatic rings. The van der Waals surface area contributed by atoms with E-state index >= 15 is 0 Å². The van der Waals surface area contributed by atoms with Gasteiger partial charge in [0.2, 0.25) is 0 Å².